The van der Waals surface area contributed by atoms with Crippen molar-refractivity contribution in [1.82, 2.24) is 4.58 Å². The van der Waals surface area contributed by atoms with Gasteiger partial charge >= 0.3 is 0 Å². The Morgan fingerprint density at radius 2 is 1.12 bits per heavy atom. The van der Waals surface area contributed by atoms with Crippen LogP contribution in [0.1, 0.15) is 39.7 Å². The van der Waals surface area contributed by atoms with Crippen LogP contribution >= 0.6 is 0 Å². The van der Waals surface area contributed by atoms with E-state index in [1.54, 1.807) is 0 Å². The van der Waals surface area contributed by atoms with Gasteiger partial charge in [-0.05, 0) is 117 Å². The van der Waals surface area contributed by atoms with Crippen LogP contribution in [0.15, 0.2) is 229 Å². The molecule has 0 saturated heterocycles. The summed E-state index contributed by atoms with van der Waals surface area (Å²) in [6.07, 6.45) is 12.1. The normalized spacial score (nSPS) is 12.2. The van der Waals surface area contributed by atoms with Crippen molar-refractivity contribution in [3.8, 4) is 11.1 Å². The molecule has 0 aliphatic heterocycles. The van der Waals surface area contributed by atoms with Gasteiger partial charge in [0.15, 0.2) is 5.70 Å². The maximum absolute atomic E-state index is 2.48. The Hall–Kier alpha value is -6.97. The summed E-state index contributed by atoms with van der Waals surface area (Å²) in [5, 5.41) is 2.42. The molecule has 0 spiro atoms. The lowest BCUT2D eigenvalue weighted by molar-refractivity contribution is 1.03. The molecule has 0 aromatic heterocycles. The summed E-state index contributed by atoms with van der Waals surface area (Å²) in [4.78, 5) is 4.86. The van der Waals surface area contributed by atoms with E-state index in [-0.39, 0.29) is 0 Å². The average Bonchev–Trinajstić information content (AvgIpc) is 3.28. The number of anilines is 3. The van der Waals surface area contributed by atoms with Crippen molar-refractivity contribution in [2.75, 3.05) is 9.80 Å². The zero-order valence-electron chi connectivity index (χ0n) is 34.3. The molecule has 3 nitrogen and oxygen atoms in total. The van der Waals surface area contributed by atoms with Gasteiger partial charge in [0.25, 0.3) is 5.84 Å². The first-order valence-electron chi connectivity index (χ1n) is 20.2. The molecule has 0 saturated carbocycles. The second kappa shape index (κ2) is 18.8. The number of allylic oxidation sites excluding steroid dienone is 6. The van der Waals surface area contributed by atoms with Crippen molar-refractivity contribution >= 4 is 45.0 Å². The molecule has 7 aromatic carbocycles. The fourth-order valence-electron chi connectivity index (χ4n) is 7.41. The van der Waals surface area contributed by atoms with Crippen molar-refractivity contribution in [3.05, 3.63) is 235 Å². The van der Waals surface area contributed by atoms with Gasteiger partial charge in [0.1, 0.15) is 17.1 Å². The maximum Gasteiger partial charge on any atom is 0.292 e. The van der Waals surface area contributed by atoms with E-state index in [0.717, 1.165) is 57.7 Å². The lowest BCUT2D eigenvalue weighted by atomic mass is 9.94. The number of hydrogen-bond donors (Lipinski definition) is 0. The van der Waals surface area contributed by atoms with Gasteiger partial charge in [-0.15, -0.1) is 0 Å². The predicted molar refractivity (Wildman–Crippen MR) is 252 cm³/mol. The minimum absolute atomic E-state index is 0.870. The summed E-state index contributed by atoms with van der Waals surface area (Å²) < 4.78 is 2.38. The van der Waals surface area contributed by atoms with E-state index in [1.165, 1.54) is 27.5 Å². The summed E-state index contributed by atoms with van der Waals surface area (Å²) in [7, 11) is 0. The number of amidine groups is 1. The average molecular weight is 755 g/mol. The number of nitrogens with zero attached hydrogens (tertiary/aromatic N) is 3. The molecule has 7 aromatic rings. The highest BCUT2D eigenvalue weighted by Gasteiger charge is 2.34. The number of aryl methyl sites for hydroxylation is 1. The van der Waals surface area contributed by atoms with Crippen LogP contribution in [0.2, 0.25) is 0 Å². The zero-order chi connectivity index (χ0) is 40.3. The summed E-state index contributed by atoms with van der Waals surface area (Å²) in [5.41, 5.74) is 12.1. The Kier molecular flexibility index (Phi) is 12.7. The number of para-hydroxylation sites is 4. The topological polar surface area (TPSA) is 9.49 Å². The molecule has 0 aliphatic rings. The van der Waals surface area contributed by atoms with Crippen LogP contribution in [0.4, 0.5) is 28.4 Å². The molecule has 58 heavy (non-hydrogen) atoms. The van der Waals surface area contributed by atoms with Crippen molar-refractivity contribution in [2.24, 2.45) is 0 Å². The molecule has 0 radical (unpaired) electrons. The van der Waals surface area contributed by atoms with Crippen molar-refractivity contribution < 1.29 is 0 Å². The van der Waals surface area contributed by atoms with Gasteiger partial charge in [0.05, 0.1) is 5.70 Å². The first-order valence-corrected chi connectivity index (χ1v) is 20.2. The second-order valence-corrected chi connectivity index (χ2v) is 14.4. The fourth-order valence-corrected chi connectivity index (χ4v) is 7.41. The molecule has 0 N–H and O–H groups in total. The quantitative estimate of drug-likeness (QED) is 0.0532. The number of rotatable bonds is 12. The molecule has 0 atom stereocenters. The Morgan fingerprint density at radius 3 is 1.71 bits per heavy atom. The van der Waals surface area contributed by atoms with E-state index in [4.69, 9.17) is 0 Å². The highest BCUT2D eigenvalue weighted by molar-refractivity contribution is 6.14. The van der Waals surface area contributed by atoms with Crippen LogP contribution in [-0.2, 0) is 0 Å². The zero-order valence-corrected chi connectivity index (χ0v) is 34.3. The maximum atomic E-state index is 2.48. The molecule has 0 amide bonds. The van der Waals surface area contributed by atoms with Gasteiger partial charge in [0, 0.05) is 23.0 Å². The van der Waals surface area contributed by atoms with E-state index in [9.17, 15) is 0 Å². The largest absolute Gasteiger partial charge is 0.310 e. The first-order chi connectivity index (χ1) is 28.5. The lowest BCUT2D eigenvalue weighted by Gasteiger charge is -2.31. The van der Waals surface area contributed by atoms with Crippen molar-refractivity contribution in [2.45, 2.75) is 41.0 Å². The van der Waals surface area contributed by atoms with E-state index in [0.29, 0.717) is 0 Å². The summed E-state index contributed by atoms with van der Waals surface area (Å²) in [6.45, 7) is 10.9. The van der Waals surface area contributed by atoms with Crippen LogP contribution in [0, 0.1) is 6.92 Å². The summed E-state index contributed by atoms with van der Waals surface area (Å²) in [6, 6.07) is 65.1. The molecule has 286 valence electrons. The minimum Gasteiger partial charge on any atom is -0.310 e. The van der Waals surface area contributed by atoms with Gasteiger partial charge in [-0.1, -0.05) is 158 Å². The Labute approximate surface area is 345 Å². The monoisotopic (exact) mass is 754 g/mol. The Bertz CT molecular complexity index is 2530. The minimum atomic E-state index is 0.870. The lowest BCUT2D eigenvalue weighted by Crippen LogP contribution is -2.37. The summed E-state index contributed by atoms with van der Waals surface area (Å²) in [5.74, 6) is 0.972. The van der Waals surface area contributed by atoms with Gasteiger partial charge in [-0.25, -0.2) is 0 Å². The van der Waals surface area contributed by atoms with E-state index < -0.39 is 0 Å². The third kappa shape index (κ3) is 8.70. The Balaban J connectivity index is 1.70. The van der Waals surface area contributed by atoms with Gasteiger partial charge in [-0.2, -0.15) is 9.48 Å². The summed E-state index contributed by atoms with van der Waals surface area (Å²) >= 11 is 0. The molecule has 0 heterocycles. The van der Waals surface area contributed by atoms with E-state index in [1.807, 2.05) is 0 Å². The van der Waals surface area contributed by atoms with Gasteiger partial charge < -0.3 is 4.90 Å². The molecule has 0 aliphatic carbocycles. The third-order valence-corrected chi connectivity index (χ3v) is 10.4. The molecule has 3 heteroatoms. The highest BCUT2D eigenvalue weighted by atomic mass is 15.3. The standard InChI is InChI=1S/C55H52N3/c1-6-8-36-53(44(5)56(46-26-13-9-14-27-46)47-28-15-10-16-29-47)58(54-39-37-43(4)41-52(54)51-35-23-25-45-24-21-22-34-50(45)51)55(40-38-42(3)7-2)57(48-30-17-11-18-31-48)49-32-19-12-20-33-49/h7-41H,6H2,1-5H3/q+1. The van der Waals surface area contributed by atoms with E-state index in [2.05, 4.69) is 261 Å². The van der Waals surface area contributed by atoms with Crippen molar-refractivity contribution in [1.29, 1.82) is 0 Å². The molecular weight excluding hydrogens is 703 g/mol. The molecule has 7 rings (SSSR count). The van der Waals surface area contributed by atoms with Crippen molar-refractivity contribution in [3.63, 3.8) is 0 Å². The van der Waals surface area contributed by atoms with Crippen LogP contribution in [0.3, 0.4) is 0 Å². The molecule has 0 fully saturated rings. The SMILES string of the molecule is CC=C(C)C=CC(N(C(C=CCC)=C(C)N(c1ccccc1)c1ccccc1)c1ccc(C)cc1-c1cccc2ccccc12)=[N+](c1ccccc1)c1ccccc1. The molecule has 0 unspecified atom stereocenters. The Morgan fingerprint density at radius 1 is 0.569 bits per heavy atom. The van der Waals surface area contributed by atoms with Gasteiger partial charge in [-0.3, -0.25) is 0 Å². The fraction of sp³-hybridized carbons (Fsp3) is 0.109. The van der Waals surface area contributed by atoms with E-state index >= 15 is 0 Å². The first kappa shape index (κ1) is 39.3. The predicted octanol–water partition coefficient (Wildman–Crippen LogP) is 15.1. The highest BCUT2D eigenvalue weighted by Crippen LogP contribution is 2.41. The van der Waals surface area contributed by atoms with Crippen LogP contribution in [0.5, 0.6) is 0 Å². The molecule has 0 bridgehead atoms. The third-order valence-electron chi connectivity index (χ3n) is 10.4. The van der Waals surface area contributed by atoms with Crippen LogP contribution in [0.25, 0.3) is 21.9 Å². The molecular formula is C55H52N3+. The second-order valence-electron chi connectivity index (χ2n) is 14.4. The number of benzene rings is 7. The smallest absolute Gasteiger partial charge is 0.292 e. The number of hydrogen-bond acceptors (Lipinski definition) is 1. The van der Waals surface area contributed by atoms with Crippen LogP contribution in [-0.4, -0.2) is 5.84 Å². The number of fused-ring (bicyclic) bond motifs is 1. The van der Waals surface area contributed by atoms with Gasteiger partial charge in [0.2, 0.25) is 0 Å². The van der Waals surface area contributed by atoms with Crippen LogP contribution < -0.4 is 14.4 Å².